The summed E-state index contributed by atoms with van der Waals surface area (Å²) >= 11 is 25.9. The first-order valence-corrected chi connectivity index (χ1v) is 13.0. The van der Waals surface area contributed by atoms with E-state index >= 15 is 0 Å². The van der Waals surface area contributed by atoms with Gasteiger partial charge in [0, 0.05) is 34.1 Å². The normalized spacial score (nSPS) is 15.5. The summed E-state index contributed by atoms with van der Waals surface area (Å²) in [6.07, 6.45) is 0.976. The molecule has 0 bridgehead atoms. The van der Waals surface area contributed by atoms with E-state index in [9.17, 15) is 8.42 Å². The summed E-state index contributed by atoms with van der Waals surface area (Å²) in [5.41, 5.74) is 1.59. The van der Waals surface area contributed by atoms with Gasteiger partial charge in [-0.3, -0.25) is 0 Å². The molecule has 1 fully saturated rings. The molecule has 10 heteroatoms. The molecule has 0 spiro atoms. The van der Waals surface area contributed by atoms with Gasteiger partial charge < -0.3 is 4.90 Å². The maximum Gasteiger partial charge on any atom is 0.185 e. The van der Waals surface area contributed by atoms with Gasteiger partial charge in [0.15, 0.2) is 15.0 Å². The topological polar surface area (TPSA) is 50.3 Å². The second kappa shape index (κ2) is 8.85. The van der Waals surface area contributed by atoms with Crippen molar-refractivity contribution in [1.82, 2.24) is 4.98 Å². The Balaban J connectivity index is 1.49. The first kappa shape index (κ1) is 22.2. The van der Waals surface area contributed by atoms with E-state index in [-0.39, 0.29) is 9.92 Å². The number of hydrogen-bond donors (Lipinski definition) is 0. The summed E-state index contributed by atoms with van der Waals surface area (Å²) in [7, 11) is -3.56. The lowest BCUT2D eigenvalue weighted by Crippen LogP contribution is -2.39. The van der Waals surface area contributed by atoms with Crippen molar-refractivity contribution >= 4 is 72.7 Å². The summed E-state index contributed by atoms with van der Waals surface area (Å²) in [6, 6.07) is 9.84. The first-order valence-electron chi connectivity index (χ1n) is 9.10. The predicted octanol–water partition coefficient (Wildman–Crippen LogP) is 6.87. The molecular weight excluding hydrogens is 506 g/mol. The number of nitrogens with zero attached hydrogens (tertiary/aromatic N) is 2. The SMILES string of the molecule is O=S(=O)(c1cc(Cl)ccc1Cl)C1CCN(c2nc(-c3ccc(Cl)cc3Cl)cs2)CC1. The molecule has 3 aromatic rings. The van der Waals surface area contributed by atoms with E-state index in [1.807, 2.05) is 11.4 Å². The van der Waals surface area contributed by atoms with Crippen LogP contribution in [0.2, 0.25) is 20.1 Å². The van der Waals surface area contributed by atoms with Gasteiger partial charge in [-0.2, -0.15) is 0 Å². The zero-order valence-corrected chi connectivity index (χ0v) is 20.1. The summed E-state index contributed by atoms with van der Waals surface area (Å²) < 4.78 is 26.1. The number of hydrogen-bond acceptors (Lipinski definition) is 5. The van der Waals surface area contributed by atoms with Crippen molar-refractivity contribution in [1.29, 1.82) is 0 Å². The number of benzene rings is 2. The minimum absolute atomic E-state index is 0.101. The van der Waals surface area contributed by atoms with E-state index in [2.05, 4.69) is 4.90 Å². The van der Waals surface area contributed by atoms with Crippen LogP contribution >= 0.6 is 57.7 Å². The van der Waals surface area contributed by atoms with E-state index in [0.29, 0.717) is 41.0 Å². The van der Waals surface area contributed by atoms with Crippen molar-refractivity contribution in [2.45, 2.75) is 23.0 Å². The van der Waals surface area contributed by atoms with Gasteiger partial charge in [-0.05, 0) is 49.2 Å². The molecule has 1 saturated heterocycles. The lowest BCUT2D eigenvalue weighted by atomic mass is 10.1. The van der Waals surface area contributed by atoms with Crippen LogP contribution in [0, 0.1) is 0 Å². The van der Waals surface area contributed by atoms with Gasteiger partial charge in [-0.1, -0.05) is 46.4 Å². The van der Waals surface area contributed by atoms with E-state index in [4.69, 9.17) is 51.4 Å². The van der Waals surface area contributed by atoms with Crippen LogP contribution in [0.25, 0.3) is 11.3 Å². The Bertz CT molecular complexity index is 1190. The van der Waals surface area contributed by atoms with Gasteiger partial charge in [-0.25, -0.2) is 13.4 Å². The summed E-state index contributed by atoms with van der Waals surface area (Å²) in [6.45, 7) is 1.17. The minimum atomic E-state index is -3.56. The van der Waals surface area contributed by atoms with Crippen LogP contribution in [0.15, 0.2) is 46.7 Å². The highest BCUT2D eigenvalue weighted by Crippen LogP contribution is 2.36. The monoisotopic (exact) mass is 520 g/mol. The van der Waals surface area contributed by atoms with Crippen molar-refractivity contribution in [3.05, 3.63) is 61.9 Å². The molecule has 1 aliphatic heterocycles. The molecule has 0 N–H and O–H groups in total. The summed E-state index contributed by atoms with van der Waals surface area (Å²) in [5.74, 6) is 0. The number of halogens is 4. The summed E-state index contributed by atoms with van der Waals surface area (Å²) in [4.78, 5) is 6.90. The molecule has 4 nitrogen and oxygen atoms in total. The third-order valence-corrected chi connectivity index (χ3v) is 9.48. The van der Waals surface area contributed by atoms with Crippen LogP contribution in [0.5, 0.6) is 0 Å². The fourth-order valence-corrected chi connectivity index (χ4v) is 7.35. The molecule has 158 valence electrons. The molecule has 0 radical (unpaired) electrons. The van der Waals surface area contributed by atoms with Crippen LogP contribution in [0.3, 0.4) is 0 Å². The molecule has 0 unspecified atom stereocenters. The van der Waals surface area contributed by atoms with Gasteiger partial charge in [0.05, 0.1) is 25.9 Å². The third kappa shape index (κ3) is 4.45. The van der Waals surface area contributed by atoms with E-state index < -0.39 is 15.1 Å². The van der Waals surface area contributed by atoms with Crippen LogP contribution in [0.4, 0.5) is 5.13 Å². The molecule has 30 heavy (non-hydrogen) atoms. The molecule has 1 aromatic heterocycles. The molecule has 4 rings (SSSR count). The lowest BCUT2D eigenvalue weighted by molar-refractivity contribution is 0.529. The Morgan fingerprint density at radius 1 is 0.933 bits per heavy atom. The Morgan fingerprint density at radius 2 is 1.60 bits per heavy atom. The number of thiazole rings is 1. The van der Waals surface area contributed by atoms with Gasteiger partial charge in [0.2, 0.25) is 0 Å². The highest BCUT2D eigenvalue weighted by molar-refractivity contribution is 7.92. The number of sulfone groups is 1. The molecular formula is C20H16Cl4N2O2S2. The number of rotatable bonds is 4. The fraction of sp³-hybridized carbons (Fsp3) is 0.250. The smallest absolute Gasteiger partial charge is 0.185 e. The predicted molar refractivity (Wildman–Crippen MR) is 126 cm³/mol. The van der Waals surface area contributed by atoms with Crippen molar-refractivity contribution in [2.24, 2.45) is 0 Å². The Labute approximate surface area is 199 Å². The maximum atomic E-state index is 13.1. The molecule has 1 aliphatic rings. The Hall–Kier alpha value is -1.02. The fourth-order valence-electron chi connectivity index (χ4n) is 3.46. The van der Waals surface area contributed by atoms with E-state index in [1.165, 1.54) is 23.5 Å². The summed E-state index contributed by atoms with van der Waals surface area (Å²) in [5, 5.41) is 3.95. The zero-order valence-electron chi connectivity index (χ0n) is 15.5. The van der Waals surface area contributed by atoms with Crippen molar-refractivity contribution in [3.63, 3.8) is 0 Å². The molecule has 0 aliphatic carbocycles. The Morgan fingerprint density at radius 3 is 2.30 bits per heavy atom. The molecule has 2 heterocycles. The van der Waals surface area contributed by atoms with Crippen molar-refractivity contribution < 1.29 is 8.42 Å². The van der Waals surface area contributed by atoms with E-state index in [1.54, 1.807) is 18.2 Å². The average Bonchev–Trinajstić information content (AvgIpc) is 3.19. The molecule has 0 atom stereocenters. The second-order valence-electron chi connectivity index (χ2n) is 6.95. The van der Waals surface area contributed by atoms with Gasteiger partial charge in [0.25, 0.3) is 0 Å². The Kier molecular flexibility index (Phi) is 6.54. The minimum Gasteiger partial charge on any atom is -0.348 e. The highest BCUT2D eigenvalue weighted by atomic mass is 35.5. The van der Waals surface area contributed by atoms with Crippen LogP contribution in [0.1, 0.15) is 12.8 Å². The average molecular weight is 522 g/mol. The van der Waals surface area contributed by atoms with Crippen LogP contribution < -0.4 is 4.90 Å². The maximum absolute atomic E-state index is 13.1. The lowest BCUT2D eigenvalue weighted by Gasteiger charge is -2.31. The van der Waals surface area contributed by atoms with Crippen LogP contribution in [-0.2, 0) is 9.84 Å². The van der Waals surface area contributed by atoms with Gasteiger partial charge >= 0.3 is 0 Å². The second-order valence-corrected chi connectivity index (χ2v) is 11.7. The van der Waals surface area contributed by atoms with Crippen molar-refractivity contribution in [3.8, 4) is 11.3 Å². The molecule has 2 aromatic carbocycles. The van der Waals surface area contributed by atoms with Crippen LogP contribution in [-0.4, -0.2) is 31.7 Å². The largest absolute Gasteiger partial charge is 0.348 e. The number of piperidine rings is 1. The first-order chi connectivity index (χ1) is 14.3. The number of aromatic nitrogens is 1. The molecule has 0 amide bonds. The standard InChI is InChI=1S/C20H16Cl4N2O2S2/c21-12-1-3-15(17(24)9-12)18-11-29-20(25-18)26-7-5-14(6-8-26)30(27,28)19-10-13(22)2-4-16(19)23/h1-4,9-11,14H,5-8H2. The van der Waals surface area contributed by atoms with Gasteiger partial charge in [-0.15, -0.1) is 11.3 Å². The molecule has 0 saturated carbocycles. The van der Waals surface area contributed by atoms with Crippen molar-refractivity contribution in [2.75, 3.05) is 18.0 Å². The zero-order chi connectivity index (χ0) is 21.5. The van der Waals surface area contributed by atoms with E-state index in [0.717, 1.165) is 16.4 Å². The third-order valence-electron chi connectivity index (χ3n) is 5.05. The quantitative estimate of drug-likeness (QED) is 0.376. The number of anilines is 1. The highest BCUT2D eigenvalue weighted by Gasteiger charge is 2.33. The van der Waals surface area contributed by atoms with Gasteiger partial charge in [0.1, 0.15) is 0 Å².